The van der Waals surface area contributed by atoms with Crippen LogP contribution in [0.15, 0.2) is 36.5 Å². The molecule has 0 bridgehead atoms. The molecule has 0 unspecified atom stereocenters. The van der Waals surface area contributed by atoms with Gasteiger partial charge in [0.2, 0.25) is 0 Å². The molecule has 2 aromatic rings. The summed E-state index contributed by atoms with van der Waals surface area (Å²) in [6.45, 7) is 4.97. The summed E-state index contributed by atoms with van der Waals surface area (Å²) in [5.74, 6) is 0.886. The molecule has 1 heterocycles. The Hall–Kier alpha value is -1.61. The van der Waals surface area contributed by atoms with Gasteiger partial charge in [0.05, 0.1) is 6.61 Å². The van der Waals surface area contributed by atoms with Crippen LogP contribution in [0.3, 0.4) is 0 Å². The Labute approximate surface area is 108 Å². The van der Waals surface area contributed by atoms with Crippen LogP contribution in [0.5, 0.6) is 5.75 Å². The number of hydrogen-bond donors (Lipinski definition) is 1. The van der Waals surface area contributed by atoms with Gasteiger partial charge in [-0.15, -0.1) is 0 Å². The number of aromatic nitrogens is 1. The lowest BCUT2D eigenvalue weighted by Crippen LogP contribution is -2.14. The molecule has 0 amide bonds. The number of unbranched alkanes of at least 4 members (excludes halogenated alkanes) is 1. The summed E-state index contributed by atoms with van der Waals surface area (Å²) in [6, 6.07) is 10.1. The van der Waals surface area contributed by atoms with Gasteiger partial charge in [-0.2, -0.15) is 0 Å². The predicted molar refractivity (Wildman–Crippen MR) is 75.0 cm³/mol. The van der Waals surface area contributed by atoms with Crippen LogP contribution in [0.25, 0.3) is 10.9 Å². The van der Waals surface area contributed by atoms with E-state index in [4.69, 9.17) is 4.74 Å². The van der Waals surface area contributed by atoms with E-state index in [0.717, 1.165) is 49.2 Å². The highest BCUT2D eigenvalue weighted by atomic mass is 16.5. The van der Waals surface area contributed by atoms with Crippen molar-refractivity contribution in [3.8, 4) is 5.75 Å². The summed E-state index contributed by atoms with van der Waals surface area (Å²) in [5.41, 5.74) is 0.951. The first-order valence-corrected chi connectivity index (χ1v) is 6.59. The Morgan fingerprint density at radius 3 is 2.94 bits per heavy atom. The van der Waals surface area contributed by atoms with Crippen LogP contribution < -0.4 is 10.1 Å². The fourth-order valence-electron chi connectivity index (χ4n) is 1.90. The number of fused-ring (bicyclic) bond motifs is 1. The number of para-hydroxylation sites is 1. The maximum absolute atomic E-state index is 5.81. The molecule has 0 fully saturated rings. The Balaban J connectivity index is 1.88. The minimum absolute atomic E-state index is 0.751. The van der Waals surface area contributed by atoms with Crippen LogP contribution >= 0.6 is 0 Å². The Morgan fingerprint density at radius 1 is 1.17 bits per heavy atom. The maximum Gasteiger partial charge on any atom is 0.145 e. The van der Waals surface area contributed by atoms with Crippen molar-refractivity contribution in [3.05, 3.63) is 36.5 Å². The predicted octanol–water partition coefficient (Wildman–Crippen LogP) is 3.00. The Kier molecular flexibility index (Phi) is 4.97. The number of nitrogens with one attached hydrogen (secondary N) is 1. The minimum atomic E-state index is 0.751. The first-order valence-electron chi connectivity index (χ1n) is 6.59. The molecule has 0 aliphatic carbocycles. The van der Waals surface area contributed by atoms with Crippen molar-refractivity contribution in [2.24, 2.45) is 0 Å². The maximum atomic E-state index is 5.81. The second-order valence-electron chi connectivity index (χ2n) is 4.24. The van der Waals surface area contributed by atoms with Gasteiger partial charge in [0.15, 0.2) is 0 Å². The van der Waals surface area contributed by atoms with Gasteiger partial charge >= 0.3 is 0 Å². The summed E-state index contributed by atoms with van der Waals surface area (Å²) in [4.78, 5) is 4.37. The van der Waals surface area contributed by atoms with Crippen molar-refractivity contribution in [2.45, 2.75) is 19.8 Å². The molecule has 0 saturated carbocycles. The van der Waals surface area contributed by atoms with Crippen LogP contribution in [-0.4, -0.2) is 24.7 Å². The van der Waals surface area contributed by atoms with E-state index in [-0.39, 0.29) is 0 Å². The zero-order chi connectivity index (χ0) is 12.6. The van der Waals surface area contributed by atoms with Crippen molar-refractivity contribution in [1.82, 2.24) is 10.3 Å². The van der Waals surface area contributed by atoms with Gasteiger partial charge in [0.25, 0.3) is 0 Å². The second-order valence-corrected chi connectivity index (χ2v) is 4.24. The quantitative estimate of drug-likeness (QED) is 0.760. The van der Waals surface area contributed by atoms with Crippen LogP contribution in [0.2, 0.25) is 0 Å². The largest absolute Gasteiger partial charge is 0.491 e. The topological polar surface area (TPSA) is 34.1 Å². The van der Waals surface area contributed by atoms with Crippen molar-refractivity contribution in [3.63, 3.8) is 0 Å². The number of ether oxygens (including phenoxy) is 1. The third-order valence-electron chi connectivity index (χ3n) is 2.85. The molecule has 1 N–H and O–H groups in total. The van der Waals surface area contributed by atoms with E-state index in [1.807, 2.05) is 18.2 Å². The summed E-state index contributed by atoms with van der Waals surface area (Å²) < 4.78 is 5.81. The number of pyridine rings is 1. The molecule has 3 nitrogen and oxygen atoms in total. The van der Waals surface area contributed by atoms with Crippen molar-refractivity contribution >= 4 is 10.9 Å². The van der Waals surface area contributed by atoms with Crippen LogP contribution in [-0.2, 0) is 0 Å². The summed E-state index contributed by atoms with van der Waals surface area (Å²) in [5, 5.41) is 4.44. The van der Waals surface area contributed by atoms with Gasteiger partial charge in [-0.3, -0.25) is 4.98 Å². The molecular formula is C15H20N2O. The van der Waals surface area contributed by atoms with E-state index in [1.54, 1.807) is 6.20 Å². The van der Waals surface area contributed by atoms with Gasteiger partial charge < -0.3 is 10.1 Å². The molecule has 18 heavy (non-hydrogen) atoms. The lowest BCUT2D eigenvalue weighted by atomic mass is 10.2. The van der Waals surface area contributed by atoms with Gasteiger partial charge in [-0.1, -0.05) is 25.1 Å². The first-order chi connectivity index (χ1) is 8.92. The number of nitrogens with zero attached hydrogens (tertiary/aromatic N) is 1. The molecule has 0 radical (unpaired) electrons. The fourth-order valence-corrected chi connectivity index (χ4v) is 1.90. The highest BCUT2D eigenvalue weighted by Crippen LogP contribution is 2.22. The minimum Gasteiger partial charge on any atom is -0.491 e. The molecular weight excluding hydrogens is 224 g/mol. The van der Waals surface area contributed by atoms with E-state index < -0.39 is 0 Å². The van der Waals surface area contributed by atoms with Gasteiger partial charge in [0, 0.05) is 11.6 Å². The zero-order valence-electron chi connectivity index (χ0n) is 10.9. The lowest BCUT2D eigenvalue weighted by Gasteiger charge is -2.08. The van der Waals surface area contributed by atoms with E-state index in [9.17, 15) is 0 Å². The first kappa shape index (κ1) is 12.8. The third kappa shape index (κ3) is 3.44. The van der Waals surface area contributed by atoms with Crippen molar-refractivity contribution in [1.29, 1.82) is 0 Å². The molecule has 0 atom stereocenters. The summed E-state index contributed by atoms with van der Waals surface area (Å²) >= 11 is 0. The normalized spacial score (nSPS) is 10.7. The highest BCUT2D eigenvalue weighted by molar-refractivity contribution is 5.84. The van der Waals surface area contributed by atoms with E-state index in [1.165, 1.54) is 0 Å². The van der Waals surface area contributed by atoms with Crippen LogP contribution in [0.4, 0.5) is 0 Å². The van der Waals surface area contributed by atoms with E-state index in [2.05, 4.69) is 29.4 Å². The Bertz CT molecular complexity index is 479. The SMILES string of the molecule is CCNCCCCOc1cccc2cccnc12. The Morgan fingerprint density at radius 2 is 2.06 bits per heavy atom. The molecule has 0 spiro atoms. The second kappa shape index (κ2) is 6.97. The van der Waals surface area contributed by atoms with Gasteiger partial charge in [-0.05, 0) is 38.1 Å². The summed E-state index contributed by atoms with van der Waals surface area (Å²) in [7, 11) is 0. The number of rotatable bonds is 7. The van der Waals surface area contributed by atoms with Crippen molar-refractivity contribution in [2.75, 3.05) is 19.7 Å². The lowest BCUT2D eigenvalue weighted by molar-refractivity contribution is 0.309. The smallest absolute Gasteiger partial charge is 0.145 e. The van der Waals surface area contributed by atoms with Gasteiger partial charge in [0.1, 0.15) is 11.3 Å². The van der Waals surface area contributed by atoms with Crippen LogP contribution in [0.1, 0.15) is 19.8 Å². The van der Waals surface area contributed by atoms with E-state index >= 15 is 0 Å². The molecule has 1 aromatic carbocycles. The number of hydrogen-bond acceptors (Lipinski definition) is 3. The zero-order valence-corrected chi connectivity index (χ0v) is 10.9. The molecule has 96 valence electrons. The monoisotopic (exact) mass is 244 g/mol. The molecule has 3 heteroatoms. The molecule has 0 saturated heterocycles. The highest BCUT2D eigenvalue weighted by Gasteiger charge is 2.01. The standard InChI is InChI=1S/C15H20N2O/c1-2-16-10-3-4-12-18-14-9-5-7-13-8-6-11-17-15(13)14/h5-9,11,16H,2-4,10,12H2,1H3. The fraction of sp³-hybridized carbons (Fsp3) is 0.400. The molecule has 2 rings (SSSR count). The number of benzene rings is 1. The van der Waals surface area contributed by atoms with Crippen LogP contribution in [0, 0.1) is 0 Å². The molecule has 1 aromatic heterocycles. The average molecular weight is 244 g/mol. The van der Waals surface area contributed by atoms with Crippen molar-refractivity contribution < 1.29 is 4.74 Å². The molecule has 0 aliphatic heterocycles. The average Bonchev–Trinajstić information content (AvgIpc) is 2.43. The summed E-state index contributed by atoms with van der Waals surface area (Å²) in [6.07, 6.45) is 4.02. The van der Waals surface area contributed by atoms with E-state index in [0.29, 0.717) is 0 Å². The third-order valence-corrected chi connectivity index (χ3v) is 2.85. The van der Waals surface area contributed by atoms with Gasteiger partial charge in [-0.25, -0.2) is 0 Å². The molecule has 0 aliphatic rings.